The van der Waals surface area contributed by atoms with Crippen LogP contribution in [-0.2, 0) is 4.79 Å². The number of anilines is 1. The second kappa shape index (κ2) is 9.23. The van der Waals surface area contributed by atoms with Crippen LogP contribution in [0.5, 0.6) is 11.5 Å². The van der Waals surface area contributed by atoms with E-state index >= 15 is 0 Å². The zero-order valence-corrected chi connectivity index (χ0v) is 17.6. The molecule has 2 aromatic carbocycles. The van der Waals surface area contributed by atoms with Crippen molar-refractivity contribution < 1.29 is 14.3 Å². The van der Waals surface area contributed by atoms with E-state index in [0.717, 1.165) is 4.70 Å². The minimum Gasteiger partial charge on any atom is -0.494 e. The maximum Gasteiger partial charge on any atom is 0.266 e. The zero-order chi connectivity index (χ0) is 20.1. The van der Waals surface area contributed by atoms with E-state index in [1.165, 1.54) is 11.3 Å². The monoisotopic (exact) mass is 419 g/mol. The van der Waals surface area contributed by atoms with E-state index in [-0.39, 0.29) is 12.5 Å². The third-order valence-electron chi connectivity index (χ3n) is 4.08. The van der Waals surface area contributed by atoms with Gasteiger partial charge in [-0.3, -0.25) is 9.69 Å². The number of aromatic nitrogens is 1. The summed E-state index contributed by atoms with van der Waals surface area (Å²) < 4.78 is 11.8. The minimum atomic E-state index is -0.167. The Bertz CT molecular complexity index is 947. The molecule has 0 atom stereocenters. The SMILES string of the molecule is COc1ccc(Cl)c2sc(N(CCN(C)C)C(=O)COc3ccccc3)nc12. The predicted octanol–water partition coefficient (Wildman–Crippen LogP) is 3.93. The van der Waals surface area contributed by atoms with Crippen molar-refractivity contribution in [3.8, 4) is 11.5 Å². The molecule has 0 radical (unpaired) electrons. The molecule has 3 aromatic rings. The highest BCUT2D eigenvalue weighted by Crippen LogP contribution is 2.38. The number of halogens is 1. The summed E-state index contributed by atoms with van der Waals surface area (Å²) in [5.74, 6) is 1.11. The Hall–Kier alpha value is -2.35. The molecule has 148 valence electrons. The van der Waals surface area contributed by atoms with Crippen LogP contribution in [0, 0.1) is 0 Å². The number of ether oxygens (including phenoxy) is 2. The molecule has 0 bridgehead atoms. The van der Waals surface area contributed by atoms with Crippen LogP contribution < -0.4 is 14.4 Å². The van der Waals surface area contributed by atoms with Crippen molar-refractivity contribution in [3.63, 3.8) is 0 Å². The van der Waals surface area contributed by atoms with Crippen molar-refractivity contribution in [2.45, 2.75) is 0 Å². The summed E-state index contributed by atoms with van der Waals surface area (Å²) in [7, 11) is 5.51. The van der Waals surface area contributed by atoms with Gasteiger partial charge in [-0.2, -0.15) is 0 Å². The zero-order valence-electron chi connectivity index (χ0n) is 16.0. The summed E-state index contributed by atoms with van der Waals surface area (Å²) >= 11 is 7.70. The molecule has 8 heteroatoms. The fourth-order valence-electron chi connectivity index (χ4n) is 2.59. The first-order valence-electron chi connectivity index (χ1n) is 8.75. The number of benzene rings is 2. The molecule has 28 heavy (non-hydrogen) atoms. The molecule has 0 saturated heterocycles. The molecule has 1 amide bonds. The van der Waals surface area contributed by atoms with Gasteiger partial charge >= 0.3 is 0 Å². The van der Waals surface area contributed by atoms with Gasteiger partial charge in [0.1, 0.15) is 17.0 Å². The second-order valence-electron chi connectivity index (χ2n) is 6.37. The molecule has 0 N–H and O–H groups in total. The smallest absolute Gasteiger partial charge is 0.266 e. The summed E-state index contributed by atoms with van der Waals surface area (Å²) in [4.78, 5) is 21.2. The largest absolute Gasteiger partial charge is 0.494 e. The Kier molecular flexibility index (Phi) is 6.72. The first-order chi connectivity index (χ1) is 13.5. The van der Waals surface area contributed by atoms with E-state index in [0.29, 0.717) is 40.3 Å². The van der Waals surface area contributed by atoms with E-state index in [4.69, 9.17) is 21.1 Å². The lowest BCUT2D eigenvalue weighted by Crippen LogP contribution is -2.39. The average Bonchev–Trinajstić information content (AvgIpc) is 3.13. The van der Waals surface area contributed by atoms with Gasteiger partial charge in [-0.1, -0.05) is 41.1 Å². The second-order valence-corrected chi connectivity index (χ2v) is 7.76. The Morgan fingerprint density at radius 1 is 1.14 bits per heavy atom. The van der Waals surface area contributed by atoms with Gasteiger partial charge in [0.15, 0.2) is 11.7 Å². The Labute approximate surface area is 173 Å². The first kappa shape index (κ1) is 20.4. The van der Waals surface area contributed by atoms with Crippen LogP contribution in [0.3, 0.4) is 0 Å². The van der Waals surface area contributed by atoms with E-state index in [1.807, 2.05) is 49.3 Å². The molecule has 0 fully saturated rings. The highest BCUT2D eigenvalue weighted by atomic mass is 35.5. The van der Waals surface area contributed by atoms with E-state index in [2.05, 4.69) is 4.98 Å². The van der Waals surface area contributed by atoms with Gasteiger partial charge in [0.25, 0.3) is 5.91 Å². The number of thiazole rings is 1. The number of para-hydroxylation sites is 1. The van der Waals surface area contributed by atoms with Gasteiger partial charge < -0.3 is 14.4 Å². The number of amides is 1. The van der Waals surface area contributed by atoms with Gasteiger partial charge in [0.2, 0.25) is 0 Å². The number of carbonyl (C=O) groups excluding carboxylic acids is 1. The maximum atomic E-state index is 12.9. The number of hydrogen-bond donors (Lipinski definition) is 0. The van der Waals surface area contributed by atoms with Crippen LogP contribution in [0.1, 0.15) is 0 Å². The van der Waals surface area contributed by atoms with Gasteiger partial charge in [-0.25, -0.2) is 4.98 Å². The molecule has 0 aliphatic carbocycles. The fourth-order valence-corrected chi connectivity index (χ4v) is 3.89. The number of likely N-dealkylation sites (N-methyl/N-ethyl adjacent to an activating group) is 1. The summed E-state index contributed by atoms with van der Waals surface area (Å²) in [6.07, 6.45) is 0. The molecule has 1 heterocycles. The summed E-state index contributed by atoms with van der Waals surface area (Å²) in [6, 6.07) is 12.8. The average molecular weight is 420 g/mol. The van der Waals surface area contributed by atoms with Crippen molar-refractivity contribution in [2.24, 2.45) is 0 Å². The predicted molar refractivity (Wildman–Crippen MR) is 114 cm³/mol. The number of hydrogen-bond acceptors (Lipinski definition) is 6. The van der Waals surface area contributed by atoms with Crippen LogP contribution in [0.25, 0.3) is 10.2 Å². The Morgan fingerprint density at radius 3 is 2.57 bits per heavy atom. The highest BCUT2D eigenvalue weighted by Gasteiger charge is 2.22. The number of nitrogens with zero attached hydrogens (tertiary/aromatic N) is 3. The Balaban J connectivity index is 1.87. The molecular formula is C20H22ClN3O3S. The standard InChI is InChI=1S/C20H22ClN3O3S/c1-23(2)11-12-24(17(25)13-27-14-7-5-4-6-8-14)20-22-18-16(26-3)10-9-15(21)19(18)28-20/h4-10H,11-13H2,1-3H3. The lowest BCUT2D eigenvalue weighted by molar-refractivity contribution is -0.120. The first-order valence-corrected chi connectivity index (χ1v) is 9.95. The molecule has 0 unspecified atom stereocenters. The maximum absolute atomic E-state index is 12.9. The summed E-state index contributed by atoms with van der Waals surface area (Å²) in [6.45, 7) is 1.11. The molecular weight excluding hydrogens is 398 g/mol. The van der Waals surface area contributed by atoms with Crippen molar-refractivity contribution >= 4 is 44.2 Å². The Morgan fingerprint density at radius 2 is 1.89 bits per heavy atom. The number of methoxy groups -OCH3 is 1. The van der Waals surface area contributed by atoms with Crippen LogP contribution in [0.4, 0.5) is 5.13 Å². The highest BCUT2D eigenvalue weighted by molar-refractivity contribution is 7.23. The molecule has 3 rings (SSSR count). The molecule has 0 aliphatic rings. The van der Waals surface area contributed by atoms with Gasteiger partial charge in [0.05, 0.1) is 16.8 Å². The molecule has 0 aliphatic heterocycles. The normalized spacial score (nSPS) is 11.0. The van der Waals surface area contributed by atoms with Crippen molar-refractivity contribution in [1.29, 1.82) is 0 Å². The molecule has 0 spiro atoms. The number of fused-ring (bicyclic) bond motifs is 1. The van der Waals surface area contributed by atoms with E-state index in [9.17, 15) is 4.79 Å². The van der Waals surface area contributed by atoms with Gasteiger partial charge in [-0.15, -0.1) is 0 Å². The minimum absolute atomic E-state index is 0.0712. The fraction of sp³-hybridized carbons (Fsp3) is 0.300. The van der Waals surface area contributed by atoms with Crippen molar-refractivity contribution in [1.82, 2.24) is 9.88 Å². The number of rotatable bonds is 8. The molecule has 1 aromatic heterocycles. The summed E-state index contributed by atoms with van der Waals surface area (Å²) in [5, 5.41) is 1.16. The van der Waals surface area contributed by atoms with Gasteiger partial charge in [0, 0.05) is 13.1 Å². The van der Waals surface area contributed by atoms with Crippen molar-refractivity contribution in [3.05, 3.63) is 47.5 Å². The topological polar surface area (TPSA) is 54.9 Å². The third kappa shape index (κ3) is 4.73. The summed E-state index contributed by atoms with van der Waals surface area (Å²) in [5.41, 5.74) is 0.654. The quantitative estimate of drug-likeness (QED) is 0.553. The van der Waals surface area contributed by atoms with Crippen LogP contribution in [0.2, 0.25) is 5.02 Å². The lowest BCUT2D eigenvalue weighted by Gasteiger charge is -2.22. The third-order valence-corrected chi connectivity index (χ3v) is 5.61. The van der Waals surface area contributed by atoms with Crippen molar-refractivity contribution in [2.75, 3.05) is 45.8 Å². The molecule has 6 nitrogen and oxygen atoms in total. The molecule has 0 saturated carbocycles. The van der Waals surface area contributed by atoms with Crippen LogP contribution in [0.15, 0.2) is 42.5 Å². The van der Waals surface area contributed by atoms with E-state index in [1.54, 1.807) is 24.1 Å². The van der Waals surface area contributed by atoms with Gasteiger partial charge in [-0.05, 0) is 38.4 Å². The number of carbonyl (C=O) groups is 1. The lowest BCUT2D eigenvalue weighted by atomic mass is 10.3. The van der Waals surface area contributed by atoms with E-state index < -0.39 is 0 Å². The van der Waals surface area contributed by atoms with Crippen LogP contribution >= 0.6 is 22.9 Å². The van der Waals surface area contributed by atoms with Crippen LogP contribution in [-0.4, -0.2) is 56.7 Å².